The molecular weight excluding hydrogens is 290 g/mol. The number of hydrogen-bond donors (Lipinski definition) is 0. The van der Waals surface area contributed by atoms with Gasteiger partial charge in [0, 0.05) is 19.7 Å². The third-order valence-corrected chi connectivity index (χ3v) is 4.00. The maximum Gasteiger partial charge on any atom is 0.360 e. The normalized spacial score (nSPS) is 11.6. The number of esters is 1. The van der Waals surface area contributed by atoms with Gasteiger partial charge in [0.15, 0.2) is 10.8 Å². The number of nitrogens with zero attached hydrogens (tertiary/aromatic N) is 3. The van der Waals surface area contributed by atoms with Crippen LogP contribution < -0.4 is 4.90 Å². The minimum absolute atomic E-state index is 0.115. The number of ether oxygens (including phenoxy) is 1. The molecule has 0 amide bonds. The van der Waals surface area contributed by atoms with E-state index in [0.29, 0.717) is 5.56 Å². The second-order valence-electron chi connectivity index (χ2n) is 4.66. The van der Waals surface area contributed by atoms with Crippen molar-refractivity contribution < 1.29 is 14.4 Å². The van der Waals surface area contributed by atoms with E-state index >= 15 is 0 Å². The van der Waals surface area contributed by atoms with Crippen LogP contribution in [0.1, 0.15) is 11.1 Å². The van der Waals surface area contributed by atoms with Gasteiger partial charge in [0.05, 0.1) is 17.3 Å². The number of carbonyl (C=O) groups is 1. The fourth-order valence-electron chi connectivity index (χ4n) is 1.91. The third-order valence-electron chi connectivity index (χ3n) is 2.83. The molecule has 2 aromatic rings. The van der Waals surface area contributed by atoms with Crippen molar-refractivity contribution in [3.05, 3.63) is 23.3 Å². The van der Waals surface area contributed by atoms with Gasteiger partial charge in [0.25, 0.3) is 0 Å². The Hall–Kier alpha value is -2.15. The van der Waals surface area contributed by atoms with E-state index in [1.54, 1.807) is 11.3 Å². The predicted octanol–water partition coefficient (Wildman–Crippen LogP) is 2.19. The molecule has 6 nitrogen and oxygen atoms in total. The summed E-state index contributed by atoms with van der Waals surface area (Å²) < 4.78 is 5.77. The van der Waals surface area contributed by atoms with Crippen LogP contribution >= 0.6 is 11.3 Å². The van der Waals surface area contributed by atoms with Crippen molar-refractivity contribution in [3.63, 3.8) is 0 Å². The van der Waals surface area contributed by atoms with E-state index in [0.717, 1.165) is 20.9 Å². The molecule has 0 saturated heterocycles. The minimum atomic E-state index is -0.553. The first-order valence-corrected chi connectivity index (χ1v) is 7.08. The number of anilines is 1. The molecule has 1 heterocycles. The van der Waals surface area contributed by atoms with Gasteiger partial charge >= 0.3 is 5.97 Å². The van der Waals surface area contributed by atoms with Crippen molar-refractivity contribution in [3.8, 4) is 0 Å². The molecule has 0 saturated carbocycles. The van der Waals surface area contributed by atoms with Crippen LogP contribution in [0.15, 0.2) is 17.3 Å². The summed E-state index contributed by atoms with van der Waals surface area (Å²) in [7, 11) is 6.55. The molecular formula is C14H17N3O3S. The van der Waals surface area contributed by atoms with Crippen LogP contribution in [0, 0.1) is 6.92 Å². The Bertz CT molecular complexity index is 707. The number of thiazole rings is 1. The summed E-state index contributed by atoms with van der Waals surface area (Å²) in [5.74, 6) is -0.553. The van der Waals surface area contributed by atoms with Gasteiger partial charge in [0.2, 0.25) is 0 Å². The number of hydrogen-bond acceptors (Lipinski definition) is 7. The van der Waals surface area contributed by atoms with Crippen molar-refractivity contribution in [1.82, 2.24) is 4.98 Å². The van der Waals surface area contributed by atoms with Gasteiger partial charge in [-0.05, 0) is 24.6 Å². The van der Waals surface area contributed by atoms with Gasteiger partial charge in [-0.15, -0.1) is 0 Å². The standard InChI is InChI=1S/C14H17N3O3S/c1-8-6-9(12(16-20-5)13(18)19-4)11-10(7-8)21-14(15-11)17(2)3/h6-7H,1-5H3/b16-12+. The van der Waals surface area contributed by atoms with Gasteiger partial charge in [-0.1, -0.05) is 16.5 Å². The monoisotopic (exact) mass is 307 g/mol. The lowest BCUT2D eigenvalue weighted by Crippen LogP contribution is -2.18. The first kappa shape index (κ1) is 15.2. The van der Waals surface area contributed by atoms with Crippen LogP contribution in [0.2, 0.25) is 0 Å². The summed E-state index contributed by atoms with van der Waals surface area (Å²) in [6, 6.07) is 3.89. The van der Waals surface area contributed by atoms with Crippen molar-refractivity contribution in [2.24, 2.45) is 5.16 Å². The number of aryl methyl sites for hydroxylation is 1. The Kier molecular flexibility index (Phi) is 4.42. The zero-order chi connectivity index (χ0) is 15.6. The van der Waals surface area contributed by atoms with Crippen molar-refractivity contribution >= 4 is 38.4 Å². The van der Waals surface area contributed by atoms with Crippen LogP contribution in [-0.4, -0.2) is 45.0 Å². The fourth-order valence-corrected chi connectivity index (χ4v) is 2.92. The van der Waals surface area contributed by atoms with Gasteiger partial charge in [-0.3, -0.25) is 0 Å². The number of oxime groups is 1. The predicted molar refractivity (Wildman–Crippen MR) is 84.2 cm³/mol. The van der Waals surface area contributed by atoms with E-state index < -0.39 is 5.97 Å². The second-order valence-corrected chi connectivity index (χ2v) is 5.67. The average molecular weight is 307 g/mol. The maximum atomic E-state index is 11.9. The molecule has 7 heteroatoms. The van der Waals surface area contributed by atoms with Gasteiger partial charge in [0.1, 0.15) is 7.11 Å². The van der Waals surface area contributed by atoms with E-state index in [2.05, 4.69) is 10.1 Å². The van der Waals surface area contributed by atoms with E-state index in [1.165, 1.54) is 14.2 Å². The quantitative estimate of drug-likeness (QED) is 0.492. The molecule has 1 aromatic carbocycles. The molecule has 1 aromatic heterocycles. The number of aromatic nitrogens is 1. The Morgan fingerprint density at radius 1 is 1.33 bits per heavy atom. The summed E-state index contributed by atoms with van der Waals surface area (Å²) in [5.41, 5.74) is 2.46. The molecule has 112 valence electrons. The van der Waals surface area contributed by atoms with Crippen LogP contribution in [-0.2, 0) is 14.4 Å². The highest BCUT2D eigenvalue weighted by Gasteiger charge is 2.21. The van der Waals surface area contributed by atoms with Gasteiger partial charge < -0.3 is 14.5 Å². The average Bonchev–Trinajstić information content (AvgIpc) is 2.87. The van der Waals surface area contributed by atoms with E-state index in [-0.39, 0.29) is 5.71 Å². The zero-order valence-corrected chi connectivity index (χ0v) is 13.4. The number of rotatable bonds is 4. The third kappa shape index (κ3) is 2.97. The van der Waals surface area contributed by atoms with Crippen molar-refractivity contribution in [2.45, 2.75) is 6.92 Å². The molecule has 0 aliphatic carbocycles. The molecule has 0 aliphatic heterocycles. The second kappa shape index (κ2) is 6.09. The Morgan fingerprint density at radius 3 is 2.62 bits per heavy atom. The molecule has 21 heavy (non-hydrogen) atoms. The van der Waals surface area contributed by atoms with Crippen LogP contribution in [0.3, 0.4) is 0 Å². The summed E-state index contributed by atoms with van der Waals surface area (Å²) in [6.45, 7) is 1.96. The fraction of sp³-hybridized carbons (Fsp3) is 0.357. The molecule has 0 spiro atoms. The summed E-state index contributed by atoms with van der Waals surface area (Å²) in [5, 5.41) is 4.66. The number of methoxy groups -OCH3 is 1. The molecule has 0 aliphatic rings. The lowest BCUT2D eigenvalue weighted by Gasteiger charge is -2.06. The molecule has 0 unspecified atom stereocenters. The van der Waals surface area contributed by atoms with E-state index in [9.17, 15) is 4.79 Å². The number of benzene rings is 1. The minimum Gasteiger partial charge on any atom is -0.464 e. The van der Waals surface area contributed by atoms with Gasteiger partial charge in [-0.25, -0.2) is 9.78 Å². The lowest BCUT2D eigenvalue weighted by atomic mass is 10.1. The molecule has 0 atom stereocenters. The molecule has 0 fully saturated rings. The highest BCUT2D eigenvalue weighted by atomic mass is 32.1. The molecule has 2 rings (SSSR count). The molecule has 0 bridgehead atoms. The SMILES string of the molecule is CO/N=C(/C(=O)OC)c1cc(C)cc2sc(N(C)C)nc12. The van der Waals surface area contributed by atoms with E-state index in [4.69, 9.17) is 9.57 Å². The summed E-state index contributed by atoms with van der Waals surface area (Å²) in [6.07, 6.45) is 0. The first-order chi connectivity index (χ1) is 9.97. The topological polar surface area (TPSA) is 64.0 Å². The van der Waals surface area contributed by atoms with E-state index in [1.807, 2.05) is 38.1 Å². The lowest BCUT2D eigenvalue weighted by molar-refractivity contribution is -0.132. The van der Waals surface area contributed by atoms with Crippen LogP contribution in [0.25, 0.3) is 10.2 Å². The Morgan fingerprint density at radius 2 is 2.05 bits per heavy atom. The Balaban J connectivity index is 2.71. The zero-order valence-electron chi connectivity index (χ0n) is 12.6. The molecule has 0 N–H and O–H groups in total. The Labute approximate surface area is 127 Å². The maximum absolute atomic E-state index is 11.9. The highest BCUT2D eigenvalue weighted by Crippen LogP contribution is 2.31. The molecule has 0 radical (unpaired) electrons. The number of fused-ring (bicyclic) bond motifs is 1. The van der Waals surface area contributed by atoms with Gasteiger partial charge in [-0.2, -0.15) is 0 Å². The number of carbonyl (C=O) groups excluding carboxylic acids is 1. The highest BCUT2D eigenvalue weighted by molar-refractivity contribution is 7.22. The summed E-state index contributed by atoms with van der Waals surface area (Å²) >= 11 is 1.56. The first-order valence-electron chi connectivity index (χ1n) is 6.26. The van der Waals surface area contributed by atoms with Crippen molar-refractivity contribution in [2.75, 3.05) is 33.2 Å². The largest absolute Gasteiger partial charge is 0.464 e. The smallest absolute Gasteiger partial charge is 0.360 e. The van der Waals surface area contributed by atoms with Crippen LogP contribution in [0.5, 0.6) is 0 Å². The summed E-state index contributed by atoms with van der Waals surface area (Å²) in [4.78, 5) is 23.2. The van der Waals surface area contributed by atoms with Crippen molar-refractivity contribution in [1.29, 1.82) is 0 Å². The van der Waals surface area contributed by atoms with Crippen LogP contribution in [0.4, 0.5) is 5.13 Å².